The number of benzene rings is 1. The molecule has 0 spiro atoms. The number of hydrogen-bond acceptors (Lipinski definition) is 1. The summed E-state index contributed by atoms with van der Waals surface area (Å²) in [5, 5.41) is 8.37. The van der Waals surface area contributed by atoms with Crippen molar-refractivity contribution in [2.75, 3.05) is 21.1 Å². The van der Waals surface area contributed by atoms with Crippen molar-refractivity contribution in [1.82, 2.24) is 4.48 Å². The van der Waals surface area contributed by atoms with Gasteiger partial charge in [0, 0.05) is 6.08 Å². The fourth-order valence-corrected chi connectivity index (χ4v) is 1.17. The van der Waals surface area contributed by atoms with Crippen LogP contribution in [-0.4, -0.2) is 21.1 Å². The minimum atomic E-state index is 0.808. The summed E-state index contributed by atoms with van der Waals surface area (Å²) in [7, 11) is 6.38. The summed E-state index contributed by atoms with van der Waals surface area (Å²) in [5.41, 5.74) is 2.31. The highest BCUT2D eigenvalue weighted by atomic mass is 15.3. The molecule has 0 atom stereocenters. The second kappa shape index (κ2) is 4.08. The highest BCUT2D eigenvalue weighted by Gasteiger charge is 2.10. The molecule has 1 rings (SSSR count). The van der Waals surface area contributed by atoms with Gasteiger partial charge in [-0.25, -0.2) is 0 Å². The van der Waals surface area contributed by atoms with Gasteiger partial charge in [0.05, 0.1) is 27.2 Å². The Bertz CT molecular complexity index is 361. The third-order valence-corrected chi connectivity index (χ3v) is 2.02. The van der Waals surface area contributed by atoms with Gasteiger partial charge in [-0.15, -0.1) is 0 Å². The van der Waals surface area contributed by atoms with Crippen molar-refractivity contribution < 1.29 is 0 Å². The first kappa shape index (κ1) is 10.5. The van der Waals surface area contributed by atoms with Crippen LogP contribution in [0.3, 0.4) is 0 Å². The zero-order valence-corrected chi connectivity index (χ0v) is 8.86. The third-order valence-electron chi connectivity index (χ3n) is 2.02. The maximum absolute atomic E-state index is 8.37. The lowest BCUT2D eigenvalue weighted by atomic mass is 10.2. The molecule has 0 bridgehead atoms. The Morgan fingerprint density at radius 2 is 1.71 bits per heavy atom. The van der Waals surface area contributed by atoms with E-state index < -0.39 is 0 Å². The Morgan fingerprint density at radius 3 is 2.14 bits per heavy atom. The van der Waals surface area contributed by atoms with Crippen LogP contribution < -0.4 is 4.48 Å². The summed E-state index contributed by atoms with van der Waals surface area (Å²) in [4.78, 5) is 0. The van der Waals surface area contributed by atoms with Crippen molar-refractivity contribution in [2.24, 2.45) is 0 Å². The lowest BCUT2D eigenvalue weighted by Crippen LogP contribution is -2.34. The van der Waals surface area contributed by atoms with E-state index in [0.29, 0.717) is 0 Å². The lowest BCUT2D eigenvalue weighted by Gasteiger charge is -2.23. The molecule has 72 valence electrons. The van der Waals surface area contributed by atoms with E-state index in [2.05, 4.69) is 33.3 Å². The quantitative estimate of drug-likeness (QED) is 0.515. The summed E-state index contributed by atoms with van der Waals surface area (Å²) < 4.78 is 0.808. The molecule has 0 aliphatic carbocycles. The minimum Gasteiger partial charge on any atom is -0.298 e. The van der Waals surface area contributed by atoms with Crippen LogP contribution in [0.5, 0.6) is 0 Å². The van der Waals surface area contributed by atoms with Crippen LogP contribution in [0, 0.1) is 11.3 Å². The summed E-state index contributed by atoms with van der Waals surface area (Å²) >= 11 is 0. The van der Waals surface area contributed by atoms with Gasteiger partial charge in [0.2, 0.25) is 0 Å². The fourth-order valence-electron chi connectivity index (χ4n) is 1.17. The Kier molecular flexibility index (Phi) is 3.06. The van der Waals surface area contributed by atoms with Gasteiger partial charge in [-0.2, -0.15) is 5.26 Å². The predicted octanol–water partition coefficient (Wildman–Crippen LogP) is 2.42. The van der Waals surface area contributed by atoms with Crippen molar-refractivity contribution in [3.05, 3.63) is 35.9 Å². The van der Waals surface area contributed by atoms with E-state index in [1.807, 2.05) is 18.2 Å². The van der Waals surface area contributed by atoms with E-state index in [9.17, 15) is 0 Å². The van der Waals surface area contributed by atoms with Crippen molar-refractivity contribution in [1.29, 1.82) is 5.26 Å². The van der Waals surface area contributed by atoms with Gasteiger partial charge in [-0.3, -0.25) is 4.48 Å². The number of allylic oxidation sites excluding steroid dienone is 1. The molecule has 0 N–H and O–H groups in total. The van der Waals surface area contributed by atoms with Gasteiger partial charge in [0.1, 0.15) is 5.69 Å². The molecule has 2 nitrogen and oxygen atoms in total. The third kappa shape index (κ3) is 2.72. The molecule has 14 heavy (non-hydrogen) atoms. The Hall–Kier alpha value is -1.59. The Balaban J connectivity index is 2.91. The highest BCUT2D eigenvalue weighted by Crippen LogP contribution is 2.17. The van der Waals surface area contributed by atoms with Crippen molar-refractivity contribution in [2.45, 2.75) is 0 Å². The summed E-state index contributed by atoms with van der Waals surface area (Å²) in [6.07, 6.45) is 3.29. The van der Waals surface area contributed by atoms with Gasteiger partial charge < -0.3 is 0 Å². The molecule has 0 aromatic heterocycles. The molecular weight excluding hydrogens is 172 g/mol. The first-order valence-corrected chi connectivity index (χ1v) is 4.52. The van der Waals surface area contributed by atoms with Crippen LogP contribution >= 0.6 is 0 Å². The minimum absolute atomic E-state index is 0.808. The topological polar surface area (TPSA) is 23.8 Å². The highest BCUT2D eigenvalue weighted by molar-refractivity contribution is 5.55. The van der Waals surface area contributed by atoms with Gasteiger partial charge >= 0.3 is 0 Å². The zero-order chi connectivity index (χ0) is 10.6. The zero-order valence-electron chi connectivity index (χ0n) is 8.86. The second-order valence-electron chi connectivity index (χ2n) is 4.07. The molecule has 0 saturated heterocycles. The van der Waals surface area contributed by atoms with Gasteiger partial charge in [-0.05, 0) is 35.9 Å². The first-order valence-electron chi connectivity index (χ1n) is 4.52. The van der Waals surface area contributed by atoms with Crippen LogP contribution in [0.2, 0.25) is 0 Å². The lowest BCUT2D eigenvalue weighted by molar-refractivity contribution is 0.486. The van der Waals surface area contributed by atoms with E-state index >= 15 is 0 Å². The van der Waals surface area contributed by atoms with E-state index in [1.165, 1.54) is 11.8 Å². The van der Waals surface area contributed by atoms with Crippen LogP contribution in [0.4, 0.5) is 5.69 Å². The largest absolute Gasteiger partial charge is 0.298 e. The maximum atomic E-state index is 8.37. The molecule has 0 unspecified atom stereocenters. The number of nitriles is 1. The molecular formula is C12H15N2+. The SMILES string of the molecule is C[N+](C)(C)c1ccc(/C=C/C#N)cc1. The Labute approximate surface area is 85.3 Å². The smallest absolute Gasteiger partial charge is 0.132 e. The molecule has 1 aromatic carbocycles. The van der Waals surface area contributed by atoms with E-state index in [-0.39, 0.29) is 0 Å². The van der Waals surface area contributed by atoms with E-state index in [0.717, 1.165) is 10.0 Å². The molecule has 2 heteroatoms. The predicted molar refractivity (Wildman–Crippen MR) is 60.7 cm³/mol. The molecule has 1 aromatic rings. The average molecular weight is 187 g/mol. The van der Waals surface area contributed by atoms with E-state index in [4.69, 9.17) is 5.26 Å². The van der Waals surface area contributed by atoms with E-state index in [1.54, 1.807) is 6.08 Å². The van der Waals surface area contributed by atoms with Crippen molar-refractivity contribution in [3.63, 3.8) is 0 Å². The van der Waals surface area contributed by atoms with Crippen LogP contribution in [-0.2, 0) is 0 Å². The van der Waals surface area contributed by atoms with Gasteiger partial charge in [-0.1, -0.05) is 0 Å². The number of rotatable bonds is 2. The number of quaternary nitrogens is 1. The molecule has 0 saturated carbocycles. The summed E-state index contributed by atoms with van der Waals surface area (Å²) in [6.45, 7) is 0. The molecule has 0 radical (unpaired) electrons. The monoisotopic (exact) mass is 187 g/mol. The fraction of sp³-hybridized carbons (Fsp3) is 0.250. The normalized spacial score (nSPS) is 11.6. The molecule has 0 fully saturated rings. The summed E-state index contributed by atoms with van der Waals surface area (Å²) in [6, 6.07) is 10.2. The standard InChI is InChI=1S/C12H15N2/c1-14(2,3)12-8-6-11(7-9-12)5-4-10-13/h4-9H,1-3H3/q+1/b5-4+. The summed E-state index contributed by atoms with van der Waals surface area (Å²) in [5.74, 6) is 0. The van der Waals surface area contributed by atoms with Gasteiger partial charge in [0.25, 0.3) is 0 Å². The van der Waals surface area contributed by atoms with Crippen molar-refractivity contribution in [3.8, 4) is 6.07 Å². The molecule has 0 aliphatic heterocycles. The maximum Gasteiger partial charge on any atom is 0.132 e. The van der Waals surface area contributed by atoms with Crippen LogP contribution in [0.1, 0.15) is 5.56 Å². The number of hydrogen-bond donors (Lipinski definition) is 0. The molecule has 0 heterocycles. The van der Waals surface area contributed by atoms with Gasteiger partial charge in [0.15, 0.2) is 0 Å². The number of nitrogens with zero attached hydrogens (tertiary/aromatic N) is 2. The van der Waals surface area contributed by atoms with Crippen molar-refractivity contribution >= 4 is 11.8 Å². The molecule has 0 amide bonds. The Morgan fingerprint density at radius 1 is 1.14 bits per heavy atom. The average Bonchev–Trinajstić information content (AvgIpc) is 2.14. The first-order chi connectivity index (χ1) is 6.54. The second-order valence-corrected chi connectivity index (χ2v) is 4.07. The molecule has 0 aliphatic rings. The van der Waals surface area contributed by atoms with Crippen LogP contribution in [0.15, 0.2) is 30.3 Å². The van der Waals surface area contributed by atoms with Crippen LogP contribution in [0.25, 0.3) is 6.08 Å².